The molecule has 0 fully saturated rings. The number of thioether (sulfide) groups is 1. The molecule has 3 nitrogen and oxygen atoms in total. The van der Waals surface area contributed by atoms with Crippen molar-refractivity contribution in [2.75, 3.05) is 11.1 Å². The van der Waals surface area contributed by atoms with Crippen molar-refractivity contribution in [3.05, 3.63) is 101 Å². The maximum atomic E-state index is 12.9. The highest BCUT2D eigenvalue weighted by molar-refractivity contribution is 7.99. The van der Waals surface area contributed by atoms with Crippen LogP contribution in [0.2, 0.25) is 0 Å². The Morgan fingerprint density at radius 3 is 2.39 bits per heavy atom. The van der Waals surface area contributed by atoms with Crippen LogP contribution in [0.3, 0.4) is 0 Å². The summed E-state index contributed by atoms with van der Waals surface area (Å²) in [5.74, 6) is 0.291. The van der Waals surface area contributed by atoms with E-state index in [4.69, 9.17) is 0 Å². The number of hydrogen-bond donors (Lipinski definition) is 1. The van der Waals surface area contributed by atoms with Crippen molar-refractivity contribution in [2.45, 2.75) is 17.7 Å². The second-order valence-corrected chi connectivity index (χ2v) is 9.02. The molecule has 0 atom stereocenters. The van der Waals surface area contributed by atoms with E-state index in [1.54, 1.807) is 12.1 Å². The predicted octanol–water partition coefficient (Wildman–Crippen LogP) is 6.66. The van der Waals surface area contributed by atoms with Gasteiger partial charge in [0, 0.05) is 28.0 Å². The summed E-state index contributed by atoms with van der Waals surface area (Å²) in [7, 11) is 0. The Kier molecular flexibility index (Phi) is 7.12. The second-order valence-electron chi connectivity index (χ2n) is 7.00. The van der Waals surface area contributed by atoms with Crippen molar-refractivity contribution in [1.29, 1.82) is 0 Å². The molecule has 156 valence electrons. The number of nitrogens with one attached hydrogen (secondary N) is 1. The van der Waals surface area contributed by atoms with Crippen molar-refractivity contribution in [2.24, 2.45) is 0 Å². The van der Waals surface area contributed by atoms with E-state index >= 15 is 0 Å². The zero-order valence-corrected chi connectivity index (χ0v) is 18.4. The van der Waals surface area contributed by atoms with Gasteiger partial charge in [0.05, 0.1) is 5.69 Å². The summed E-state index contributed by atoms with van der Waals surface area (Å²) in [6.45, 7) is 0. The molecule has 3 aromatic carbocycles. The van der Waals surface area contributed by atoms with E-state index in [0.717, 1.165) is 22.6 Å². The van der Waals surface area contributed by atoms with Gasteiger partial charge in [-0.1, -0.05) is 54.6 Å². The highest BCUT2D eigenvalue weighted by Crippen LogP contribution is 2.26. The lowest BCUT2D eigenvalue weighted by atomic mass is 10.0. The van der Waals surface area contributed by atoms with Gasteiger partial charge in [0.15, 0.2) is 5.13 Å². The minimum atomic E-state index is -0.257. The molecule has 0 bridgehead atoms. The topological polar surface area (TPSA) is 42.0 Å². The number of halogens is 1. The van der Waals surface area contributed by atoms with Gasteiger partial charge in [0.25, 0.3) is 0 Å². The molecule has 0 aliphatic heterocycles. The van der Waals surface area contributed by atoms with E-state index in [0.29, 0.717) is 17.3 Å². The minimum absolute atomic E-state index is 0.0753. The first kappa shape index (κ1) is 21.3. The summed E-state index contributed by atoms with van der Waals surface area (Å²) in [5, 5.41) is 5.42. The van der Waals surface area contributed by atoms with Crippen LogP contribution in [-0.4, -0.2) is 16.6 Å². The van der Waals surface area contributed by atoms with Crippen LogP contribution in [0.1, 0.15) is 17.5 Å². The largest absolute Gasteiger partial charge is 0.302 e. The summed E-state index contributed by atoms with van der Waals surface area (Å²) >= 11 is 2.95. The van der Waals surface area contributed by atoms with E-state index in [9.17, 15) is 9.18 Å². The fraction of sp³-hybridized carbons (Fsp3) is 0.120. The maximum absolute atomic E-state index is 12.9. The van der Waals surface area contributed by atoms with Gasteiger partial charge in [-0.3, -0.25) is 4.79 Å². The molecular weight excluding hydrogens is 427 g/mol. The first-order valence-corrected chi connectivity index (χ1v) is 11.8. The molecule has 0 aliphatic rings. The molecule has 6 heteroatoms. The average Bonchev–Trinajstić information content (AvgIpc) is 3.25. The third-order valence-electron chi connectivity index (χ3n) is 4.66. The van der Waals surface area contributed by atoms with Crippen molar-refractivity contribution in [3.63, 3.8) is 0 Å². The molecule has 0 spiro atoms. The Morgan fingerprint density at radius 1 is 0.935 bits per heavy atom. The SMILES string of the molecule is O=C(CCSc1ccc(F)cc1)Nc1nc(-c2ccc(Cc3ccccc3)cc2)cs1. The second kappa shape index (κ2) is 10.4. The van der Waals surface area contributed by atoms with E-state index in [1.165, 1.54) is 46.4 Å². The Hall–Kier alpha value is -2.96. The zero-order chi connectivity index (χ0) is 21.5. The number of thiazole rings is 1. The van der Waals surface area contributed by atoms with Gasteiger partial charge < -0.3 is 5.32 Å². The van der Waals surface area contributed by atoms with Gasteiger partial charge in [-0.2, -0.15) is 0 Å². The third-order valence-corrected chi connectivity index (χ3v) is 6.43. The van der Waals surface area contributed by atoms with Gasteiger partial charge in [-0.15, -0.1) is 23.1 Å². The zero-order valence-electron chi connectivity index (χ0n) is 16.8. The first-order chi connectivity index (χ1) is 15.2. The van der Waals surface area contributed by atoms with Crippen molar-refractivity contribution >= 4 is 34.1 Å². The monoisotopic (exact) mass is 448 g/mol. The van der Waals surface area contributed by atoms with Gasteiger partial charge >= 0.3 is 0 Å². The normalized spacial score (nSPS) is 10.7. The van der Waals surface area contributed by atoms with E-state index in [2.05, 4.69) is 58.8 Å². The number of amides is 1. The number of anilines is 1. The Balaban J connectivity index is 1.28. The van der Waals surface area contributed by atoms with Crippen LogP contribution in [0.4, 0.5) is 9.52 Å². The Labute approximate surface area is 189 Å². The number of nitrogens with zero attached hydrogens (tertiary/aromatic N) is 1. The van der Waals surface area contributed by atoms with Gasteiger partial charge in [0.2, 0.25) is 5.91 Å². The van der Waals surface area contributed by atoms with Crippen LogP contribution in [0, 0.1) is 5.82 Å². The maximum Gasteiger partial charge on any atom is 0.226 e. The lowest BCUT2D eigenvalue weighted by Gasteiger charge is -2.04. The number of hydrogen-bond acceptors (Lipinski definition) is 4. The number of aromatic nitrogens is 1. The van der Waals surface area contributed by atoms with Gasteiger partial charge in [0.1, 0.15) is 5.82 Å². The van der Waals surface area contributed by atoms with Crippen molar-refractivity contribution < 1.29 is 9.18 Å². The van der Waals surface area contributed by atoms with E-state index in [1.807, 2.05) is 11.4 Å². The minimum Gasteiger partial charge on any atom is -0.302 e. The third kappa shape index (κ3) is 6.26. The molecule has 0 saturated carbocycles. The smallest absolute Gasteiger partial charge is 0.226 e. The Morgan fingerprint density at radius 2 is 1.65 bits per heavy atom. The first-order valence-electron chi connectivity index (χ1n) is 9.93. The van der Waals surface area contributed by atoms with Crippen molar-refractivity contribution in [1.82, 2.24) is 4.98 Å². The van der Waals surface area contributed by atoms with Gasteiger partial charge in [-0.25, -0.2) is 9.37 Å². The highest BCUT2D eigenvalue weighted by Gasteiger charge is 2.09. The van der Waals surface area contributed by atoms with Crippen LogP contribution >= 0.6 is 23.1 Å². The lowest BCUT2D eigenvalue weighted by Crippen LogP contribution is -2.11. The molecule has 31 heavy (non-hydrogen) atoms. The quantitative estimate of drug-likeness (QED) is 0.306. The molecule has 1 N–H and O–H groups in total. The van der Waals surface area contributed by atoms with Crippen LogP contribution in [-0.2, 0) is 11.2 Å². The number of carbonyl (C=O) groups is 1. The molecule has 0 aliphatic carbocycles. The lowest BCUT2D eigenvalue weighted by molar-refractivity contribution is -0.115. The molecule has 0 unspecified atom stereocenters. The van der Waals surface area contributed by atoms with Crippen molar-refractivity contribution in [3.8, 4) is 11.3 Å². The van der Waals surface area contributed by atoms with Crippen LogP contribution in [0.25, 0.3) is 11.3 Å². The predicted molar refractivity (Wildman–Crippen MR) is 127 cm³/mol. The fourth-order valence-corrected chi connectivity index (χ4v) is 4.65. The molecule has 1 aromatic heterocycles. The van der Waals surface area contributed by atoms with E-state index < -0.39 is 0 Å². The molecule has 1 heterocycles. The average molecular weight is 449 g/mol. The van der Waals surface area contributed by atoms with Crippen LogP contribution in [0.5, 0.6) is 0 Å². The number of rotatable bonds is 8. The summed E-state index contributed by atoms with van der Waals surface area (Å²) < 4.78 is 12.9. The van der Waals surface area contributed by atoms with E-state index in [-0.39, 0.29) is 11.7 Å². The molecular formula is C25H21FN2OS2. The van der Waals surface area contributed by atoms with Gasteiger partial charge in [-0.05, 0) is 41.8 Å². The molecule has 4 aromatic rings. The summed E-state index contributed by atoms with van der Waals surface area (Å²) in [6, 6.07) is 25.0. The molecule has 0 radical (unpaired) electrons. The molecule has 1 amide bonds. The van der Waals surface area contributed by atoms with Crippen LogP contribution < -0.4 is 5.32 Å². The fourth-order valence-electron chi connectivity index (χ4n) is 3.06. The Bertz CT molecular complexity index is 1130. The summed E-state index contributed by atoms with van der Waals surface area (Å²) in [4.78, 5) is 17.7. The molecule has 4 rings (SSSR count). The number of benzene rings is 3. The summed E-state index contributed by atoms with van der Waals surface area (Å²) in [5.41, 5.74) is 4.41. The highest BCUT2D eigenvalue weighted by atomic mass is 32.2. The number of carbonyl (C=O) groups excluding carboxylic acids is 1. The standard InChI is InChI=1S/C25H21FN2OS2/c26-21-10-12-22(13-11-21)30-15-14-24(29)28-25-27-23(17-31-25)20-8-6-19(7-9-20)16-18-4-2-1-3-5-18/h1-13,17H,14-16H2,(H,27,28,29). The molecule has 0 saturated heterocycles. The summed E-state index contributed by atoms with van der Waals surface area (Å²) in [6.07, 6.45) is 1.26. The van der Waals surface area contributed by atoms with Crippen LogP contribution in [0.15, 0.2) is 89.1 Å².